The van der Waals surface area contributed by atoms with E-state index in [1.54, 1.807) is 12.1 Å². The maximum Gasteiger partial charge on any atom is 0.129 e. The zero-order valence-corrected chi connectivity index (χ0v) is 9.63. The molecular formula is C12H19FN2. The van der Waals surface area contributed by atoms with Gasteiger partial charge in [0.25, 0.3) is 0 Å². The third-order valence-corrected chi connectivity index (χ3v) is 2.34. The van der Waals surface area contributed by atoms with Gasteiger partial charge in [-0.1, -0.05) is 19.9 Å². The Morgan fingerprint density at radius 2 is 2.07 bits per heavy atom. The molecule has 1 aromatic rings. The van der Waals surface area contributed by atoms with Gasteiger partial charge in [0.15, 0.2) is 0 Å². The third-order valence-electron chi connectivity index (χ3n) is 2.34. The second-order valence-electron chi connectivity index (χ2n) is 4.25. The van der Waals surface area contributed by atoms with Gasteiger partial charge in [0, 0.05) is 31.4 Å². The molecule has 0 aromatic heterocycles. The van der Waals surface area contributed by atoms with Gasteiger partial charge in [-0.3, -0.25) is 0 Å². The Balaban J connectivity index is 2.82. The predicted molar refractivity (Wildman–Crippen MR) is 62.4 cm³/mol. The standard InChI is InChI=1S/C12H19FN2/c1-9(2)8-15(3)11-5-4-10(7-14)12(13)6-11/h4-6,9H,7-8,14H2,1-3H3. The number of hydrogen-bond acceptors (Lipinski definition) is 2. The highest BCUT2D eigenvalue weighted by Crippen LogP contribution is 2.18. The van der Waals surface area contributed by atoms with Crippen molar-refractivity contribution in [2.45, 2.75) is 20.4 Å². The summed E-state index contributed by atoms with van der Waals surface area (Å²) in [5.74, 6) is 0.345. The van der Waals surface area contributed by atoms with Gasteiger partial charge >= 0.3 is 0 Å². The summed E-state index contributed by atoms with van der Waals surface area (Å²) in [6.07, 6.45) is 0. The Kier molecular flexibility index (Phi) is 4.09. The molecular weight excluding hydrogens is 191 g/mol. The first kappa shape index (κ1) is 12.0. The normalized spacial score (nSPS) is 10.8. The van der Waals surface area contributed by atoms with E-state index in [1.807, 2.05) is 18.0 Å². The van der Waals surface area contributed by atoms with Crippen molar-refractivity contribution in [2.24, 2.45) is 11.7 Å². The van der Waals surface area contributed by atoms with E-state index in [0.29, 0.717) is 11.5 Å². The lowest BCUT2D eigenvalue weighted by Crippen LogP contribution is -2.22. The number of benzene rings is 1. The van der Waals surface area contributed by atoms with E-state index in [2.05, 4.69) is 13.8 Å². The Bertz CT molecular complexity index is 323. The van der Waals surface area contributed by atoms with Crippen molar-refractivity contribution in [1.29, 1.82) is 0 Å². The highest BCUT2D eigenvalue weighted by molar-refractivity contribution is 5.47. The molecule has 2 nitrogen and oxygen atoms in total. The Hall–Kier alpha value is -1.09. The monoisotopic (exact) mass is 210 g/mol. The van der Waals surface area contributed by atoms with Gasteiger partial charge in [0.1, 0.15) is 5.82 Å². The summed E-state index contributed by atoms with van der Waals surface area (Å²) in [5.41, 5.74) is 6.87. The third kappa shape index (κ3) is 3.20. The summed E-state index contributed by atoms with van der Waals surface area (Å²) >= 11 is 0. The SMILES string of the molecule is CC(C)CN(C)c1ccc(CN)c(F)c1. The predicted octanol–water partition coefficient (Wildman–Crippen LogP) is 2.38. The van der Waals surface area contributed by atoms with E-state index in [9.17, 15) is 4.39 Å². The van der Waals surface area contributed by atoms with E-state index in [4.69, 9.17) is 5.73 Å². The van der Waals surface area contributed by atoms with Crippen LogP contribution in [0.4, 0.5) is 10.1 Å². The molecule has 84 valence electrons. The molecule has 2 N–H and O–H groups in total. The minimum absolute atomic E-state index is 0.217. The quantitative estimate of drug-likeness (QED) is 0.826. The molecule has 0 bridgehead atoms. The zero-order chi connectivity index (χ0) is 11.4. The van der Waals surface area contributed by atoms with Crippen LogP contribution in [0.15, 0.2) is 18.2 Å². The fourth-order valence-corrected chi connectivity index (χ4v) is 1.59. The first-order valence-electron chi connectivity index (χ1n) is 5.24. The fraction of sp³-hybridized carbons (Fsp3) is 0.500. The van der Waals surface area contributed by atoms with Crippen LogP contribution >= 0.6 is 0 Å². The van der Waals surface area contributed by atoms with Crippen molar-refractivity contribution >= 4 is 5.69 Å². The van der Waals surface area contributed by atoms with Crippen molar-refractivity contribution in [2.75, 3.05) is 18.5 Å². The topological polar surface area (TPSA) is 29.3 Å². The molecule has 0 aliphatic rings. The summed E-state index contributed by atoms with van der Waals surface area (Å²) in [6, 6.07) is 5.21. The van der Waals surface area contributed by atoms with Gasteiger partial charge in [-0.2, -0.15) is 0 Å². The van der Waals surface area contributed by atoms with Gasteiger partial charge < -0.3 is 10.6 Å². The van der Waals surface area contributed by atoms with Crippen LogP contribution in [-0.2, 0) is 6.54 Å². The van der Waals surface area contributed by atoms with Crippen LogP contribution in [0.3, 0.4) is 0 Å². The summed E-state index contributed by atoms with van der Waals surface area (Å²) < 4.78 is 13.4. The molecule has 0 saturated carbocycles. The fourth-order valence-electron chi connectivity index (χ4n) is 1.59. The van der Waals surface area contributed by atoms with Gasteiger partial charge in [-0.15, -0.1) is 0 Å². The van der Waals surface area contributed by atoms with Crippen molar-refractivity contribution < 1.29 is 4.39 Å². The largest absolute Gasteiger partial charge is 0.374 e. The molecule has 0 aliphatic carbocycles. The number of rotatable bonds is 4. The first-order valence-corrected chi connectivity index (χ1v) is 5.24. The molecule has 0 amide bonds. The van der Waals surface area contributed by atoms with E-state index >= 15 is 0 Å². The molecule has 0 spiro atoms. The van der Waals surface area contributed by atoms with Crippen LogP contribution in [-0.4, -0.2) is 13.6 Å². The number of halogens is 1. The van der Waals surface area contributed by atoms with E-state index < -0.39 is 0 Å². The van der Waals surface area contributed by atoms with Crippen molar-refractivity contribution in [1.82, 2.24) is 0 Å². The molecule has 0 atom stereocenters. The molecule has 3 heteroatoms. The molecule has 0 fully saturated rings. The number of hydrogen-bond donors (Lipinski definition) is 1. The van der Waals surface area contributed by atoms with Gasteiger partial charge in [0.2, 0.25) is 0 Å². The average molecular weight is 210 g/mol. The summed E-state index contributed by atoms with van der Waals surface area (Å²) in [7, 11) is 1.97. The Morgan fingerprint density at radius 1 is 1.40 bits per heavy atom. The van der Waals surface area contributed by atoms with Crippen LogP contribution in [0.25, 0.3) is 0 Å². The Labute approximate surface area is 90.9 Å². The second-order valence-corrected chi connectivity index (χ2v) is 4.25. The first-order chi connectivity index (χ1) is 7.04. The molecule has 1 aromatic carbocycles. The van der Waals surface area contributed by atoms with E-state index in [0.717, 1.165) is 12.2 Å². The lowest BCUT2D eigenvalue weighted by molar-refractivity contribution is 0.605. The van der Waals surface area contributed by atoms with Crippen molar-refractivity contribution in [3.8, 4) is 0 Å². The van der Waals surface area contributed by atoms with Crippen LogP contribution in [0.5, 0.6) is 0 Å². The highest BCUT2D eigenvalue weighted by Gasteiger charge is 2.06. The molecule has 0 aliphatic heterocycles. The maximum atomic E-state index is 13.4. The smallest absolute Gasteiger partial charge is 0.129 e. The van der Waals surface area contributed by atoms with Crippen LogP contribution < -0.4 is 10.6 Å². The number of nitrogens with two attached hydrogens (primary N) is 1. The average Bonchev–Trinajstić information content (AvgIpc) is 2.16. The van der Waals surface area contributed by atoms with E-state index in [-0.39, 0.29) is 12.4 Å². The summed E-state index contributed by atoms with van der Waals surface area (Å²) in [5, 5.41) is 0. The molecule has 0 heterocycles. The molecule has 0 radical (unpaired) electrons. The van der Waals surface area contributed by atoms with E-state index in [1.165, 1.54) is 0 Å². The van der Waals surface area contributed by atoms with Crippen molar-refractivity contribution in [3.05, 3.63) is 29.6 Å². The minimum atomic E-state index is -0.217. The van der Waals surface area contributed by atoms with Gasteiger partial charge in [0.05, 0.1) is 0 Å². The molecule has 0 saturated heterocycles. The van der Waals surface area contributed by atoms with Crippen molar-refractivity contribution in [3.63, 3.8) is 0 Å². The second kappa shape index (κ2) is 5.12. The number of anilines is 1. The lowest BCUT2D eigenvalue weighted by atomic mass is 10.1. The van der Waals surface area contributed by atoms with Crippen LogP contribution in [0, 0.1) is 11.7 Å². The lowest BCUT2D eigenvalue weighted by Gasteiger charge is -2.21. The van der Waals surface area contributed by atoms with Crippen LogP contribution in [0.2, 0.25) is 0 Å². The molecule has 15 heavy (non-hydrogen) atoms. The number of nitrogens with zero attached hydrogens (tertiary/aromatic N) is 1. The molecule has 1 rings (SSSR count). The minimum Gasteiger partial charge on any atom is -0.374 e. The highest BCUT2D eigenvalue weighted by atomic mass is 19.1. The summed E-state index contributed by atoms with van der Waals surface area (Å²) in [4.78, 5) is 2.05. The zero-order valence-electron chi connectivity index (χ0n) is 9.63. The summed E-state index contributed by atoms with van der Waals surface area (Å²) in [6.45, 7) is 5.45. The van der Waals surface area contributed by atoms with Gasteiger partial charge in [-0.25, -0.2) is 4.39 Å². The van der Waals surface area contributed by atoms with Crippen LogP contribution in [0.1, 0.15) is 19.4 Å². The maximum absolute atomic E-state index is 13.4. The van der Waals surface area contributed by atoms with Gasteiger partial charge in [-0.05, 0) is 18.1 Å². The Morgan fingerprint density at radius 3 is 2.53 bits per heavy atom. The molecule has 0 unspecified atom stereocenters.